The van der Waals surface area contributed by atoms with Gasteiger partial charge >= 0.3 is 0 Å². The van der Waals surface area contributed by atoms with E-state index < -0.39 is 0 Å². The fraction of sp³-hybridized carbons (Fsp3) is 0.524. The molecule has 5 heteroatoms. The number of aryl methyl sites for hydroxylation is 1. The third-order valence-corrected chi connectivity index (χ3v) is 5.25. The summed E-state index contributed by atoms with van der Waals surface area (Å²) in [7, 11) is 1.60. The van der Waals surface area contributed by atoms with Crippen LogP contribution in [0.1, 0.15) is 44.1 Å². The van der Waals surface area contributed by atoms with Gasteiger partial charge in [0.1, 0.15) is 5.75 Å². The predicted octanol–water partition coefficient (Wildman–Crippen LogP) is 3.36. The Kier molecular flexibility index (Phi) is 5.96. The van der Waals surface area contributed by atoms with Gasteiger partial charge in [-0.2, -0.15) is 0 Å². The Hall–Kier alpha value is -2.30. The van der Waals surface area contributed by atoms with E-state index in [1.54, 1.807) is 12.0 Å². The van der Waals surface area contributed by atoms with Gasteiger partial charge in [-0.1, -0.05) is 17.7 Å². The van der Waals surface area contributed by atoms with Crippen molar-refractivity contribution in [3.05, 3.63) is 35.4 Å². The molecule has 0 aromatic heterocycles. The molecule has 1 aromatic rings. The third kappa shape index (κ3) is 4.26. The van der Waals surface area contributed by atoms with E-state index in [0.29, 0.717) is 18.8 Å². The van der Waals surface area contributed by atoms with Gasteiger partial charge in [0.2, 0.25) is 11.8 Å². The fourth-order valence-electron chi connectivity index (χ4n) is 3.75. The number of allylic oxidation sites excluding steroid dienone is 1. The lowest BCUT2D eigenvalue weighted by Gasteiger charge is -2.20. The van der Waals surface area contributed by atoms with Crippen LogP contribution in [0.4, 0.5) is 5.69 Å². The van der Waals surface area contributed by atoms with E-state index in [-0.39, 0.29) is 24.2 Å². The van der Waals surface area contributed by atoms with Crippen molar-refractivity contribution >= 4 is 17.5 Å². The number of ether oxygens (including phenoxy) is 1. The van der Waals surface area contributed by atoms with Crippen molar-refractivity contribution in [1.29, 1.82) is 0 Å². The quantitative estimate of drug-likeness (QED) is 0.795. The lowest BCUT2D eigenvalue weighted by atomic mass is 9.97. The summed E-state index contributed by atoms with van der Waals surface area (Å²) < 4.78 is 5.39. The molecule has 1 atom stereocenters. The second-order valence-electron chi connectivity index (χ2n) is 7.23. The smallest absolute Gasteiger partial charge is 0.227 e. The Morgan fingerprint density at radius 3 is 2.92 bits per heavy atom. The van der Waals surface area contributed by atoms with Crippen LogP contribution in [0, 0.1) is 12.8 Å². The van der Waals surface area contributed by atoms with Crippen molar-refractivity contribution in [1.82, 2.24) is 5.32 Å². The van der Waals surface area contributed by atoms with Gasteiger partial charge in [0.25, 0.3) is 0 Å². The van der Waals surface area contributed by atoms with Gasteiger partial charge in [-0.05, 0) is 56.7 Å². The highest BCUT2D eigenvalue weighted by atomic mass is 16.5. The number of hydrogen-bond acceptors (Lipinski definition) is 3. The van der Waals surface area contributed by atoms with E-state index in [4.69, 9.17) is 4.74 Å². The Labute approximate surface area is 155 Å². The second-order valence-corrected chi connectivity index (χ2v) is 7.23. The van der Waals surface area contributed by atoms with Crippen molar-refractivity contribution in [2.45, 2.75) is 45.4 Å². The summed E-state index contributed by atoms with van der Waals surface area (Å²) in [4.78, 5) is 26.6. The summed E-state index contributed by atoms with van der Waals surface area (Å²) in [5, 5.41) is 3.01. The SMILES string of the molecule is COc1ccc(C)cc1N1CC(C(=O)NCCC2=CCCCC2)CC1=O. The predicted molar refractivity (Wildman–Crippen MR) is 102 cm³/mol. The Bertz CT molecular complexity index is 711. The Morgan fingerprint density at radius 1 is 1.35 bits per heavy atom. The van der Waals surface area contributed by atoms with E-state index in [9.17, 15) is 9.59 Å². The highest BCUT2D eigenvalue weighted by Gasteiger charge is 2.36. The van der Waals surface area contributed by atoms with Crippen LogP contribution in [0.5, 0.6) is 5.75 Å². The van der Waals surface area contributed by atoms with Gasteiger partial charge < -0.3 is 15.0 Å². The normalized spacial score (nSPS) is 20.1. The first kappa shape index (κ1) is 18.5. The molecule has 1 aliphatic heterocycles. The highest BCUT2D eigenvalue weighted by Crippen LogP contribution is 2.34. The Morgan fingerprint density at radius 2 is 2.19 bits per heavy atom. The lowest BCUT2D eigenvalue weighted by Crippen LogP contribution is -2.33. The number of amides is 2. The maximum absolute atomic E-state index is 12.5. The first-order valence-corrected chi connectivity index (χ1v) is 9.49. The molecule has 1 heterocycles. The molecule has 2 aliphatic rings. The number of anilines is 1. The molecule has 140 valence electrons. The number of nitrogens with one attached hydrogen (secondary N) is 1. The molecular weight excluding hydrogens is 328 g/mol. The zero-order valence-electron chi connectivity index (χ0n) is 15.7. The van der Waals surface area contributed by atoms with Crippen molar-refractivity contribution in [2.24, 2.45) is 5.92 Å². The van der Waals surface area contributed by atoms with Crippen LogP contribution in [-0.4, -0.2) is 32.0 Å². The number of nitrogens with zero attached hydrogens (tertiary/aromatic N) is 1. The molecule has 2 amide bonds. The molecule has 0 spiro atoms. The van der Waals surface area contributed by atoms with Gasteiger partial charge in [-0.3, -0.25) is 9.59 Å². The van der Waals surface area contributed by atoms with E-state index >= 15 is 0 Å². The number of rotatable bonds is 6. The number of carbonyl (C=O) groups is 2. The summed E-state index contributed by atoms with van der Waals surface area (Å²) in [6.45, 7) is 3.05. The highest BCUT2D eigenvalue weighted by molar-refractivity contribution is 6.01. The molecule has 1 unspecified atom stereocenters. The first-order chi connectivity index (χ1) is 12.6. The molecule has 0 radical (unpaired) electrons. The zero-order valence-corrected chi connectivity index (χ0v) is 15.7. The van der Waals surface area contributed by atoms with Crippen LogP contribution >= 0.6 is 0 Å². The first-order valence-electron chi connectivity index (χ1n) is 9.49. The Balaban J connectivity index is 1.58. The van der Waals surface area contributed by atoms with Crippen LogP contribution in [0.2, 0.25) is 0 Å². The molecule has 3 rings (SSSR count). The monoisotopic (exact) mass is 356 g/mol. The summed E-state index contributed by atoms with van der Waals surface area (Å²) in [5.41, 5.74) is 3.26. The number of methoxy groups -OCH3 is 1. The van der Waals surface area contributed by atoms with Crippen molar-refractivity contribution in [3.8, 4) is 5.75 Å². The van der Waals surface area contributed by atoms with Crippen molar-refractivity contribution in [2.75, 3.05) is 25.1 Å². The number of hydrogen-bond donors (Lipinski definition) is 1. The van der Waals surface area contributed by atoms with E-state index in [0.717, 1.165) is 30.5 Å². The number of benzene rings is 1. The topological polar surface area (TPSA) is 58.6 Å². The van der Waals surface area contributed by atoms with Crippen LogP contribution in [-0.2, 0) is 9.59 Å². The minimum Gasteiger partial charge on any atom is -0.495 e. The zero-order chi connectivity index (χ0) is 18.5. The molecule has 1 N–H and O–H groups in total. The standard InChI is InChI=1S/C21H28N2O3/c1-15-8-9-19(26-2)18(12-15)23-14-17(13-20(23)24)21(25)22-11-10-16-6-4-3-5-7-16/h6,8-9,12,17H,3-5,7,10-11,13-14H2,1-2H3,(H,22,25). The maximum atomic E-state index is 12.5. The summed E-state index contributed by atoms with van der Waals surface area (Å²) in [6.07, 6.45) is 8.32. The molecular formula is C21H28N2O3. The van der Waals surface area contributed by atoms with Crippen LogP contribution in [0.25, 0.3) is 0 Å². The molecule has 1 aromatic carbocycles. The maximum Gasteiger partial charge on any atom is 0.227 e. The average molecular weight is 356 g/mol. The molecule has 0 saturated carbocycles. The molecule has 1 saturated heterocycles. The van der Waals surface area contributed by atoms with Crippen molar-refractivity contribution in [3.63, 3.8) is 0 Å². The average Bonchev–Trinajstić information content (AvgIpc) is 3.04. The summed E-state index contributed by atoms with van der Waals surface area (Å²) in [6, 6.07) is 5.75. The molecule has 26 heavy (non-hydrogen) atoms. The largest absolute Gasteiger partial charge is 0.495 e. The molecule has 5 nitrogen and oxygen atoms in total. The van der Waals surface area contributed by atoms with Crippen LogP contribution in [0.15, 0.2) is 29.8 Å². The lowest BCUT2D eigenvalue weighted by molar-refractivity contribution is -0.126. The van der Waals surface area contributed by atoms with E-state index in [1.165, 1.54) is 18.4 Å². The minimum atomic E-state index is -0.298. The van der Waals surface area contributed by atoms with Crippen LogP contribution in [0.3, 0.4) is 0 Å². The van der Waals surface area contributed by atoms with E-state index in [2.05, 4.69) is 11.4 Å². The van der Waals surface area contributed by atoms with Gasteiger partial charge in [0.15, 0.2) is 0 Å². The van der Waals surface area contributed by atoms with Gasteiger partial charge in [0, 0.05) is 19.5 Å². The fourth-order valence-corrected chi connectivity index (χ4v) is 3.75. The summed E-state index contributed by atoms with van der Waals surface area (Å²) >= 11 is 0. The van der Waals surface area contributed by atoms with Gasteiger partial charge in [0.05, 0.1) is 18.7 Å². The second kappa shape index (κ2) is 8.39. The number of carbonyl (C=O) groups excluding carboxylic acids is 2. The third-order valence-electron chi connectivity index (χ3n) is 5.25. The van der Waals surface area contributed by atoms with Crippen molar-refractivity contribution < 1.29 is 14.3 Å². The summed E-state index contributed by atoms with van der Waals surface area (Å²) in [5.74, 6) is 0.315. The minimum absolute atomic E-state index is 0.0240. The molecule has 1 fully saturated rings. The van der Waals surface area contributed by atoms with E-state index in [1.807, 2.05) is 25.1 Å². The molecule has 0 bridgehead atoms. The molecule has 1 aliphatic carbocycles. The van der Waals surface area contributed by atoms with Gasteiger partial charge in [-0.25, -0.2) is 0 Å². The van der Waals surface area contributed by atoms with Gasteiger partial charge in [-0.15, -0.1) is 0 Å². The van der Waals surface area contributed by atoms with Crippen LogP contribution < -0.4 is 15.0 Å².